The molecule has 16 nitrogen and oxygen atoms in total. The molecule has 7 aromatic rings. The van der Waals surface area contributed by atoms with Gasteiger partial charge in [0.25, 0.3) is 0 Å². The summed E-state index contributed by atoms with van der Waals surface area (Å²) in [4.78, 5) is 50.8. The number of carbonyl (C=O) groups is 2. The van der Waals surface area contributed by atoms with E-state index in [0.717, 1.165) is 16.7 Å². The molecule has 1 aliphatic heterocycles. The molecule has 5 atom stereocenters. The molecule has 0 radical (unpaired) electrons. The van der Waals surface area contributed by atoms with Crippen LogP contribution in [0.15, 0.2) is 192 Å². The maximum Gasteiger partial charge on any atom is 0.408 e. The van der Waals surface area contributed by atoms with Crippen molar-refractivity contribution in [2.24, 2.45) is 17.0 Å². The number of hydrogen-bond donors (Lipinski definition) is 2. The predicted octanol–water partition coefficient (Wildman–Crippen LogP) is 11.3. The van der Waals surface area contributed by atoms with Crippen molar-refractivity contribution in [3.63, 3.8) is 0 Å². The lowest BCUT2D eigenvalue weighted by molar-refractivity contribution is -0.270. The molecule has 1 saturated heterocycles. The molecule has 2 N–H and O–H groups in total. The third kappa shape index (κ3) is 10.9. The van der Waals surface area contributed by atoms with Crippen molar-refractivity contribution < 1.29 is 38.0 Å². The molecule has 8 rings (SSSR count). The largest absolute Gasteiger partial charge is 0.497 e. The van der Waals surface area contributed by atoms with Crippen LogP contribution in [0.2, 0.25) is 0 Å². The van der Waals surface area contributed by atoms with Crippen LogP contribution < -0.4 is 25.8 Å². The van der Waals surface area contributed by atoms with Crippen LogP contribution in [0.4, 0.5) is 10.6 Å². The number of hydrogen-bond acceptors (Lipinski definition) is 12. The second-order valence-electron chi connectivity index (χ2n) is 19.5. The molecule has 1 aromatic heterocycles. The molecule has 0 aliphatic carbocycles. The average Bonchev–Trinajstić information content (AvgIpc) is 3.69. The van der Waals surface area contributed by atoms with Gasteiger partial charge < -0.3 is 39.1 Å². The van der Waals surface area contributed by atoms with Crippen molar-refractivity contribution in [1.82, 2.24) is 14.9 Å². The zero-order valence-electron chi connectivity index (χ0n) is 43.1. The van der Waals surface area contributed by atoms with Crippen LogP contribution >= 0.6 is 0 Å². The summed E-state index contributed by atoms with van der Waals surface area (Å²) in [6, 6.07) is 53.7. The Bertz CT molecular complexity index is 3070. The van der Waals surface area contributed by atoms with E-state index in [1.165, 1.54) is 10.8 Å². The molecule has 0 unspecified atom stereocenters. The molecule has 6 aromatic carbocycles. The minimum absolute atomic E-state index is 0.214. The van der Waals surface area contributed by atoms with Crippen LogP contribution in [0.3, 0.4) is 0 Å². The molecule has 0 bridgehead atoms. The second kappa shape index (κ2) is 22.4. The number of ether oxygens (including phenoxy) is 6. The molecule has 2 heterocycles. The molecule has 1 aliphatic rings. The Morgan fingerprint density at radius 3 is 1.60 bits per heavy atom. The second-order valence-corrected chi connectivity index (χ2v) is 19.5. The Labute approximate surface area is 436 Å². The molecule has 1 fully saturated rings. The van der Waals surface area contributed by atoms with E-state index in [0.29, 0.717) is 28.2 Å². The summed E-state index contributed by atoms with van der Waals surface area (Å²) in [7, 11) is 3.17. The average molecular weight is 1010 g/mol. The van der Waals surface area contributed by atoms with Crippen LogP contribution in [0.25, 0.3) is 10.4 Å². The molecule has 16 heteroatoms. The quantitative estimate of drug-likeness (QED) is 0.0273. The number of azide groups is 1. The summed E-state index contributed by atoms with van der Waals surface area (Å²) in [5.74, 6) is -3.74. The van der Waals surface area contributed by atoms with Crippen LogP contribution in [0.1, 0.15) is 81.2 Å². The van der Waals surface area contributed by atoms with Gasteiger partial charge in [-0.15, -0.1) is 0 Å². The van der Waals surface area contributed by atoms with E-state index in [-0.39, 0.29) is 5.82 Å². The van der Waals surface area contributed by atoms with E-state index in [1.54, 1.807) is 74.0 Å². The standard InChI is InChI=1S/C59H61N7O9/c1-39(2)50(62-55(69)75-56(4,5)6)53(67)74-59(64-65-60)51(72-58(44-25-17-11-18-26-44,45-27-19-12-20-28-45)46-31-35-48(71-8)36-32-46)40(3)52(73-59)66-38-37-49(61-54(66)68)63-57(41-21-13-9-14-22-41,42-23-15-10-16-24-42)43-29-33-47(70-7)34-30-43/h9-40,50-52H,1-8H3,(H,62,69)(H,61,63,68)/t40-,50-,51-,52+,59-/m0/s1. The number of nitrogens with one attached hydrogen (secondary N) is 2. The molecular formula is C59H61N7O9. The third-order valence-electron chi connectivity index (χ3n) is 13.1. The van der Waals surface area contributed by atoms with E-state index in [4.69, 9.17) is 28.4 Å². The smallest absolute Gasteiger partial charge is 0.408 e. The molecule has 75 heavy (non-hydrogen) atoms. The summed E-state index contributed by atoms with van der Waals surface area (Å²) in [5.41, 5.74) is 10.7. The van der Waals surface area contributed by atoms with Crippen molar-refractivity contribution in [1.29, 1.82) is 0 Å². The van der Waals surface area contributed by atoms with E-state index >= 15 is 0 Å². The monoisotopic (exact) mass is 1010 g/mol. The van der Waals surface area contributed by atoms with Crippen LogP contribution in [-0.4, -0.2) is 59.5 Å². The van der Waals surface area contributed by atoms with Gasteiger partial charge in [-0.3, -0.25) is 4.57 Å². The highest BCUT2D eigenvalue weighted by Crippen LogP contribution is 2.51. The van der Waals surface area contributed by atoms with Crippen LogP contribution in [0.5, 0.6) is 11.5 Å². The van der Waals surface area contributed by atoms with Gasteiger partial charge in [0.2, 0.25) is 0 Å². The molecule has 386 valence electrons. The first-order valence-corrected chi connectivity index (χ1v) is 24.6. The summed E-state index contributed by atoms with van der Waals surface area (Å²) < 4.78 is 38.6. The van der Waals surface area contributed by atoms with Crippen molar-refractivity contribution in [3.05, 3.63) is 236 Å². The first-order valence-electron chi connectivity index (χ1n) is 24.6. The maximum absolute atomic E-state index is 14.9. The molecular weight excluding hydrogens is 951 g/mol. The summed E-state index contributed by atoms with van der Waals surface area (Å²) >= 11 is 0. The van der Waals surface area contributed by atoms with E-state index in [9.17, 15) is 19.9 Å². The van der Waals surface area contributed by atoms with Crippen molar-refractivity contribution >= 4 is 17.9 Å². The van der Waals surface area contributed by atoms with Gasteiger partial charge >= 0.3 is 23.7 Å². The number of nitrogens with zero attached hydrogens (tertiary/aromatic N) is 5. The lowest BCUT2D eigenvalue weighted by Crippen LogP contribution is -2.54. The fourth-order valence-corrected chi connectivity index (χ4v) is 9.57. The normalized spacial score (nSPS) is 18.0. The molecule has 0 saturated carbocycles. The van der Waals surface area contributed by atoms with Gasteiger partial charge in [-0.25, -0.2) is 14.4 Å². The Kier molecular flexibility index (Phi) is 15.8. The number of amides is 1. The van der Waals surface area contributed by atoms with Gasteiger partial charge in [0.05, 0.1) is 14.2 Å². The number of rotatable bonds is 18. The number of aromatic nitrogens is 2. The van der Waals surface area contributed by atoms with Gasteiger partial charge in [0.15, 0.2) is 0 Å². The van der Waals surface area contributed by atoms with Crippen LogP contribution in [0, 0.1) is 11.8 Å². The van der Waals surface area contributed by atoms with Gasteiger partial charge in [-0.1, -0.05) is 166 Å². The minimum atomic E-state index is -2.64. The fourth-order valence-electron chi connectivity index (χ4n) is 9.57. The Morgan fingerprint density at radius 2 is 1.16 bits per heavy atom. The Balaban J connectivity index is 1.29. The third-order valence-corrected chi connectivity index (χ3v) is 13.1. The van der Waals surface area contributed by atoms with Crippen molar-refractivity contribution in [2.45, 2.75) is 82.6 Å². The maximum atomic E-state index is 14.9. The topological polar surface area (TPSA) is 197 Å². The lowest BCUT2D eigenvalue weighted by Gasteiger charge is -2.42. The van der Waals surface area contributed by atoms with Crippen LogP contribution in [-0.2, 0) is 34.9 Å². The minimum Gasteiger partial charge on any atom is -0.497 e. The molecule has 1 amide bonds. The number of benzene rings is 6. The lowest BCUT2D eigenvalue weighted by atomic mass is 9.77. The van der Waals surface area contributed by atoms with E-state index in [2.05, 4.69) is 25.6 Å². The van der Waals surface area contributed by atoms with Gasteiger partial charge in [-0.2, -0.15) is 4.98 Å². The molecule has 0 spiro atoms. The summed E-state index contributed by atoms with van der Waals surface area (Å²) in [6.45, 7) is 10.2. The number of methoxy groups -OCH3 is 2. The number of carbonyl (C=O) groups excluding carboxylic acids is 2. The van der Waals surface area contributed by atoms with E-state index < -0.39 is 70.6 Å². The number of alkyl carbamates (subject to hydrolysis) is 1. The SMILES string of the molecule is COc1ccc(C(Nc2ccn([C@@H]3O[C@](N=[N+]=[N-])(OC(=O)[C@@H](NC(=O)OC(C)(C)C)C(C)C)[C@@H](OC(c4ccccc4)(c4ccccc4)c4ccc(OC)cc4)[C@@H]3C)c(=O)n2)(c2ccccc2)c2ccccc2)cc1. The summed E-state index contributed by atoms with van der Waals surface area (Å²) in [6.07, 6.45) is -2.21. The fraction of sp³-hybridized carbons (Fsp3) is 0.288. The van der Waals surface area contributed by atoms with Gasteiger partial charge in [0, 0.05) is 17.0 Å². The zero-order chi connectivity index (χ0) is 53.4. The van der Waals surface area contributed by atoms with Gasteiger partial charge in [-0.05, 0) is 101 Å². The van der Waals surface area contributed by atoms with Crippen molar-refractivity contribution in [2.75, 3.05) is 19.5 Å². The zero-order valence-corrected chi connectivity index (χ0v) is 43.1. The van der Waals surface area contributed by atoms with Gasteiger partial charge in [0.1, 0.15) is 52.4 Å². The highest BCUT2D eigenvalue weighted by molar-refractivity contribution is 5.82. The van der Waals surface area contributed by atoms with E-state index in [1.807, 2.05) is 158 Å². The van der Waals surface area contributed by atoms with Crippen molar-refractivity contribution in [3.8, 4) is 11.5 Å². The summed E-state index contributed by atoms with van der Waals surface area (Å²) in [5, 5.41) is 10.4. The Hall–Kier alpha value is -8.43. The first kappa shape index (κ1) is 52.9. The Morgan fingerprint density at radius 1 is 0.707 bits per heavy atom. The first-order chi connectivity index (χ1) is 36.1. The predicted molar refractivity (Wildman–Crippen MR) is 284 cm³/mol. The number of esters is 1. The highest BCUT2D eigenvalue weighted by Gasteiger charge is 2.62. The number of anilines is 1. The highest BCUT2D eigenvalue weighted by atomic mass is 16.8.